The highest BCUT2D eigenvalue weighted by Crippen LogP contribution is 2.52. The second-order valence-corrected chi connectivity index (χ2v) is 9.40. The van der Waals surface area contributed by atoms with Crippen LogP contribution < -0.4 is 10.6 Å². The van der Waals surface area contributed by atoms with Crippen LogP contribution in [0.2, 0.25) is 0 Å². The number of halogens is 1. The highest BCUT2D eigenvalue weighted by molar-refractivity contribution is 14.0. The molecule has 8 heteroatoms. The third-order valence-electron chi connectivity index (χ3n) is 7.08. The van der Waals surface area contributed by atoms with Gasteiger partial charge in [0.2, 0.25) is 11.8 Å². The number of fused-ring (bicyclic) bond motifs is 5. The molecule has 3 aliphatic rings. The minimum absolute atomic E-state index is 0. The maximum absolute atomic E-state index is 12.8. The van der Waals surface area contributed by atoms with Crippen LogP contribution in [0.3, 0.4) is 0 Å². The van der Waals surface area contributed by atoms with E-state index in [0.717, 1.165) is 32.0 Å². The zero-order chi connectivity index (χ0) is 23.3. The average Bonchev–Trinajstić information content (AvgIpc) is 3.44. The van der Waals surface area contributed by atoms with Gasteiger partial charge < -0.3 is 10.6 Å². The molecule has 2 amide bonds. The minimum atomic E-state index is -0.109. The van der Waals surface area contributed by atoms with E-state index in [0.29, 0.717) is 31.5 Å². The van der Waals surface area contributed by atoms with E-state index in [1.165, 1.54) is 4.90 Å². The fraction of sp³-hybridized carbons (Fsp3) is 0.640. The standard InChI is InChI=1S/C25H39N5O2.HI/c1-6-12-29(13-7-2)20(17(3)4)16-28-25(26-5)27-11-8-14-30-23(31)21-18-9-10-19(15-18)22(21)24(30)32;/h6-7,9-10,17-22H,1-2,8,11-16H2,3-5H3,(H2,26,27,28);1H. The highest BCUT2D eigenvalue weighted by Gasteiger charge is 2.58. The van der Waals surface area contributed by atoms with Crippen LogP contribution in [0, 0.1) is 29.6 Å². The quantitative estimate of drug-likeness (QED) is 0.0945. The zero-order valence-corrected chi connectivity index (χ0v) is 22.5. The normalized spacial score (nSPS) is 26.6. The molecule has 184 valence electrons. The lowest BCUT2D eigenvalue weighted by Gasteiger charge is -2.33. The van der Waals surface area contributed by atoms with Crippen LogP contribution in [0.15, 0.2) is 42.5 Å². The highest BCUT2D eigenvalue weighted by atomic mass is 127. The summed E-state index contributed by atoms with van der Waals surface area (Å²) in [5.41, 5.74) is 0. The molecular weight excluding hydrogens is 529 g/mol. The van der Waals surface area contributed by atoms with Crippen LogP contribution >= 0.6 is 24.0 Å². The third-order valence-corrected chi connectivity index (χ3v) is 7.08. The summed E-state index contributed by atoms with van der Waals surface area (Å²) in [7, 11) is 1.75. The third kappa shape index (κ3) is 6.07. The smallest absolute Gasteiger partial charge is 0.233 e. The summed E-state index contributed by atoms with van der Waals surface area (Å²) >= 11 is 0. The molecule has 1 aliphatic heterocycles. The van der Waals surface area contributed by atoms with E-state index >= 15 is 0 Å². The summed E-state index contributed by atoms with van der Waals surface area (Å²) < 4.78 is 0. The first-order valence-electron chi connectivity index (χ1n) is 11.9. The number of allylic oxidation sites excluding steroid dienone is 2. The molecule has 5 atom stereocenters. The van der Waals surface area contributed by atoms with Gasteiger partial charge in [0.1, 0.15) is 0 Å². The molecule has 2 bridgehead atoms. The van der Waals surface area contributed by atoms with Gasteiger partial charge in [0.25, 0.3) is 0 Å². The van der Waals surface area contributed by atoms with Gasteiger partial charge in [-0.2, -0.15) is 0 Å². The van der Waals surface area contributed by atoms with Crippen molar-refractivity contribution in [1.29, 1.82) is 0 Å². The second kappa shape index (κ2) is 12.7. The molecular formula is C25H40IN5O2. The fourth-order valence-corrected chi connectivity index (χ4v) is 5.51. The number of nitrogens with zero attached hydrogens (tertiary/aromatic N) is 3. The Bertz CT molecular complexity index is 741. The van der Waals surface area contributed by atoms with Gasteiger partial charge >= 0.3 is 0 Å². The van der Waals surface area contributed by atoms with Gasteiger partial charge in [-0.1, -0.05) is 38.2 Å². The average molecular weight is 570 g/mol. The molecule has 3 rings (SSSR count). The van der Waals surface area contributed by atoms with E-state index in [-0.39, 0.29) is 59.5 Å². The van der Waals surface area contributed by atoms with Crippen molar-refractivity contribution in [3.05, 3.63) is 37.5 Å². The molecule has 7 nitrogen and oxygen atoms in total. The maximum Gasteiger partial charge on any atom is 0.233 e. The lowest BCUT2D eigenvalue weighted by Crippen LogP contribution is -2.49. The van der Waals surface area contributed by atoms with Crippen LogP contribution in [0.4, 0.5) is 0 Å². The summed E-state index contributed by atoms with van der Waals surface area (Å²) in [4.78, 5) is 33.7. The number of amides is 2. The Kier molecular flexibility index (Phi) is 10.6. The van der Waals surface area contributed by atoms with Gasteiger partial charge in [-0.15, -0.1) is 37.1 Å². The lowest BCUT2D eigenvalue weighted by molar-refractivity contribution is -0.140. The predicted octanol–water partition coefficient (Wildman–Crippen LogP) is 2.67. The van der Waals surface area contributed by atoms with E-state index in [1.807, 2.05) is 12.2 Å². The SMILES string of the molecule is C=CCN(CC=C)C(CNC(=NC)NCCCN1C(=O)C2C3C=CC(C3)C2C1=O)C(C)C.I. The number of nitrogens with one attached hydrogen (secondary N) is 2. The van der Waals surface area contributed by atoms with Crippen molar-refractivity contribution in [1.82, 2.24) is 20.4 Å². The van der Waals surface area contributed by atoms with Crippen molar-refractivity contribution in [3.8, 4) is 0 Å². The predicted molar refractivity (Wildman–Crippen MR) is 144 cm³/mol. The number of guanidine groups is 1. The van der Waals surface area contributed by atoms with E-state index in [1.54, 1.807) is 7.05 Å². The molecule has 1 saturated carbocycles. The number of carbonyl (C=O) groups is 2. The Morgan fingerprint density at radius 3 is 2.21 bits per heavy atom. The molecule has 5 unspecified atom stereocenters. The van der Waals surface area contributed by atoms with E-state index < -0.39 is 0 Å². The number of carbonyl (C=O) groups excluding carboxylic acids is 2. The van der Waals surface area contributed by atoms with Crippen molar-refractivity contribution >= 4 is 41.8 Å². The summed E-state index contributed by atoms with van der Waals surface area (Å²) in [6, 6.07) is 0.313. The number of rotatable bonds is 12. The summed E-state index contributed by atoms with van der Waals surface area (Å²) in [5, 5.41) is 6.74. The van der Waals surface area contributed by atoms with E-state index in [4.69, 9.17) is 0 Å². The fourth-order valence-electron chi connectivity index (χ4n) is 5.51. The van der Waals surface area contributed by atoms with Crippen LogP contribution in [0.25, 0.3) is 0 Å². The molecule has 0 radical (unpaired) electrons. The first-order chi connectivity index (χ1) is 15.4. The summed E-state index contributed by atoms with van der Waals surface area (Å²) in [6.07, 6.45) is 9.78. The van der Waals surface area contributed by atoms with Gasteiger partial charge in [0.05, 0.1) is 11.8 Å². The largest absolute Gasteiger partial charge is 0.356 e. The van der Waals surface area contributed by atoms with Crippen LogP contribution in [0.5, 0.6) is 0 Å². The van der Waals surface area contributed by atoms with Crippen molar-refractivity contribution in [2.75, 3.05) is 39.8 Å². The maximum atomic E-state index is 12.8. The molecule has 2 aliphatic carbocycles. The van der Waals surface area contributed by atoms with Gasteiger partial charge in [-0.05, 0) is 30.6 Å². The molecule has 0 spiro atoms. The second-order valence-electron chi connectivity index (χ2n) is 9.40. The first kappa shape index (κ1) is 27.6. The molecule has 2 fully saturated rings. The Balaban J connectivity index is 0.00000385. The Morgan fingerprint density at radius 2 is 1.73 bits per heavy atom. The Hall–Kier alpha value is -1.68. The van der Waals surface area contributed by atoms with Gasteiger partial charge in [0.15, 0.2) is 5.96 Å². The molecule has 1 saturated heterocycles. The van der Waals surface area contributed by atoms with E-state index in [2.05, 4.69) is 59.7 Å². The number of likely N-dealkylation sites (tertiary alicyclic amines) is 1. The van der Waals surface area contributed by atoms with Gasteiger partial charge in [-0.3, -0.25) is 24.4 Å². The van der Waals surface area contributed by atoms with Crippen molar-refractivity contribution in [2.45, 2.75) is 32.7 Å². The molecule has 1 heterocycles. The topological polar surface area (TPSA) is 77.0 Å². The number of imide groups is 1. The van der Waals surface area contributed by atoms with E-state index in [9.17, 15) is 9.59 Å². The Morgan fingerprint density at radius 1 is 1.15 bits per heavy atom. The molecule has 33 heavy (non-hydrogen) atoms. The number of hydrogen-bond acceptors (Lipinski definition) is 4. The van der Waals surface area contributed by atoms with Gasteiger partial charge in [0, 0.05) is 45.8 Å². The minimum Gasteiger partial charge on any atom is -0.356 e. The van der Waals surface area contributed by atoms with Crippen LogP contribution in [0.1, 0.15) is 26.7 Å². The molecule has 0 aromatic carbocycles. The summed E-state index contributed by atoms with van der Waals surface area (Å²) in [6.45, 7) is 15.6. The van der Waals surface area contributed by atoms with Crippen molar-refractivity contribution < 1.29 is 9.59 Å². The lowest BCUT2D eigenvalue weighted by atomic mass is 9.85. The zero-order valence-electron chi connectivity index (χ0n) is 20.2. The molecule has 0 aromatic heterocycles. The van der Waals surface area contributed by atoms with Crippen LogP contribution in [-0.2, 0) is 9.59 Å². The molecule has 0 aromatic rings. The van der Waals surface area contributed by atoms with Gasteiger partial charge in [-0.25, -0.2) is 0 Å². The first-order valence-corrected chi connectivity index (χ1v) is 11.9. The van der Waals surface area contributed by atoms with Crippen molar-refractivity contribution in [2.24, 2.45) is 34.6 Å². The Labute approximate surface area is 215 Å². The monoisotopic (exact) mass is 569 g/mol. The molecule has 2 N–H and O–H groups in total. The number of hydrogen-bond donors (Lipinski definition) is 2. The number of aliphatic imine (C=N–C) groups is 1. The van der Waals surface area contributed by atoms with Crippen molar-refractivity contribution in [3.63, 3.8) is 0 Å². The van der Waals surface area contributed by atoms with Crippen LogP contribution in [-0.4, -0.2) is 73.4 Å². The summed E-state index contributed by atoms with van der Waals surface area (Å²) in [5.74, 6) is 1.56.